The first-order valence-corrected chi connectivity index (χ1v) is 12.1. The van der Waals surface area contributed by atoms with E-state index >= 15 is 0 Å². The van der Waals surface area contributed by atoms with E-state index < -0.39 is 0 Å². The molecule has 1 atom stereocenters. The summed E-state index contributed by atoms with van der Waals surface area (Å²) in [4.78, 5) is 15.6. The van der Waals surface area contributed by atoms with E-state index in [0.717, 1.165) is 27.5 Å². The van der Waals surface area contributed by atoms with Crippen LogP contribution in [0, 0.1) is 6.92 Å². The molecule has 2 aromatic carbocycles. The number of nitrogens with zero attached hydrogens (tertiary/aromatic N) is 3. The van der Waals surface area contributed by atoms with Crippen LogP contribution < -0.4 is 0 Å². The van der Waals surface area contributed by atoms with E-state index in [-0.39, 0.29) is 11.9 Å². The number of rotatable bonds is 5. The van der Waals surface area contributed by atoms with Crippen molar-refractivity contribution in [1.82, 2.24) is 9.58 Å². The predicted octanol–water partition coefficient (Wildman–Crippen LogP) is 6.02. The summed E-state index contributed by atoms with van der Waals surface area (Å²) in [6, 6.07) is 20.8. The Balaban J connectivity index is 1.40. The van der Waals surface area contributed by atoms with Gasteiger partial charge in [0.2, 0.25) is 0 Å². The molecule has 5 rings (SSSR count). The third-order valence-corrected chi connectivity index (χ3v) is 7.59. The van der Waals surface area contributed by atoms with Crippen LogP contribution >= 0.6 is 23.1 Å². The van der Waals surface area contributed by atoms with Gasteiger partial charge in [-0.05, 0) is 30.0 Å². The van der Waals surface area contributed by atoms with Crippen LogP contribution in [0.15, 0.2) is 82.2 Å². The smallest absolute Gasteiger partial charge is 0.253 e. The molecule has 4 aromatic rings. The Hall–Kier alpha value is -2.83. The fraction of sp³-hybridized carbons (Fsp3) is 0.200. The van der Waals surface area contributed by atoms with Gasteiger partial charge in [-0.2, -0.15) is 5.10 Å². The standard InChI is InChI=1S/C25H23N3OS2/c1-17-9-11-18(12-10-17)22-14-20(23-8-5-13-30-23)26-28(22)25(29)16-31-24-15-27(2)21-7-4-3-6-19(21)24/h3-13,15,22H,14,16H2,1-2H3. The van der Waals surface area contributed by atoms with Crippen LogP contribution in [0.25, 0.3) is 10.9 Å². The molecule has 0 bridgehead atoms. The van der Waals surface area contributed by atoms with Gasteiger partial charge in [0.05, 0.1) is 22.4 Å². The number of benzene rings is 2. The highest BCUT2D eigenvalue weighted by atomic mass is 32.2. The lowest BCUT2D eigenvalue weighted by Crippen LogP contribution is -2.28. The molecule has 0 spiro atoms. The summed E-state index contributed by atoms with van der Waals surface area (Å²) in [6.07, 6.45) is 2.85. The Morgan fingerprint density at radius 2 is 1.94 bits per heavy atom. The van der Waals surface area contributed by atoms with E-state index in [9.17, 15) is 4.79 Å². The number of hydrogen-bond donors (Lipinski definition) is 0. The quantitative estimate of drug-likeness (QED) is 0.352. The van der Waals surface area contributed by atoms with Crippen molar-refractivity contribution in [3.63, 3.8) is 0 Å². The Morgan fingerprint density at radius 3 is 2.71 bits per heavy atom. The SMILES string of the molecule is Cc1ccc(C2CC(c3cccs3)=NN2C(=O)CSc2cn(C)c3ccccc23)cc1. The van der Waals surface area contributed by atoms with Crippen LogP contribution in [0.5, 0.6) is 0 Å². The highest BCUT2D eigenvalue weighted by Gasteiger charge is 2.33. The average molecular weight is 446 g/mol. The molecule has 31 heavy (non-hydrogen) atoms. The van der Waals surface area contributed by atoms with E-state index in [1.165, 1.54) is 16.5 Å². The van der Waals surface area contributed by atoms with Gasteiger partial charge < -0.3 is 4.57 Å². The molecule has 4 nitrogen and oxygen atoms in total. The number of para-hydroxylation sites is 1. The first kappa shape index (κ1) is 20.1. The fourth-order valence-corrected chi connectivity index (χ4v) is 5.70. The minimum absolute atomic E-state index is 0.0371. The molecule has 6 heteroatoms. The number of thioether (sulfide) groups is 1. The van der Waals surface area contributed by atoms with Gasteiger partial charge in [-0.1, -0.05) is 54.1 Å². The van der Waals surface area contributed by atoms with Crippen LogP contribution in [-0.4, -0.2) is 26.9 Å². The van der Waals surface area contributed by atoms with E-state index in [1.807, 2.05) is 25.2 Å². The van der Waals surface area contributed by atoms with Crippen molar-refractivity contribution in [1.29, 1.82) is 0 Å². The summed E-state index contributed by atoms with van der Waals surface area (Å²) in [5, 5.41) is 9.73. The van der Waals surface area contributed by atoms with Gasteiger partial charge in [-0.15, -0.1) is 23.1 Å². The normalized spacial score (nSPS) is 16.1. The van der Waals surface area contributed by atoms with Crippen LogP contribution in [-0.2, 0) is 11.8 Å². The van der Waals surface area contributed by atoms with Gasteiger partial charge >= 0.3 is 0 Å². The zero-order valence-electron chi connectivity index (χ0n) is 17.5. The summed E-state index contributed by atoms with van der Waals surface area (Å²) in [6.45, 7) is 2.08. The van der Waals surface area contributed by atoms with Crippen molar-refractivity contribution in [3.05, 3.63) is 88.2 Å². The molecule has 0 aliphatic carbocycles. The number of thiophene rings is 1. The molecule has 0 N–H and O–H groups in total. The highest BCUT2D eigenvalue weighted by molar-refractivity contribution is 8.00. The van der Waals surface area contributed by atoms with Crippen molar-refractivity contribution in [3.8, 4) is 0 Å². The molecule has 0 saturated heterocycles. The third-order valence-electron chi connectivity index (χ3n) is 5.65. The number of aromatic nitrogens is 1. The van der Waals surface area contributed by atoms with Gasteiger partial charge in [0, 0.05) is 35.5 Å². The molecule has 1 aliphatic heterocycles. The summed E-state index contributed by atoms with van der Waals surface area (Å²) in [7, 11) is 2.04. The minimum Gasteiger partial charge on any atom is -0.349 e. The lowest BCUT2D eigenvalue weighted by atomic mass is 10.00. The summed E-state index contributed by atoms with van der Waals surface area (Å²) in [5.41, 5.74) is 4.51. The van der Waals surface area contributed by atoms with E-state index in [1.54, 1.807) is 28.1 Å². The molecular formula is C25H23N3OS2. The van der Waals surface area contributed by atoms with Crippen molar-refractivity contribution in [2.45, 2.75) is 24.3 Å². The largest absolute Gasteiger partial charge is 0.349 e. The molecule has 1 aliphatic rings. The number of fused-ring (bicyclic) bond motifs is 1. The van der Waals surface area contributed by atoms with Gasteiger partial charge in [-0.3, -0.25) is 4.79 Å². The van der Waals surface area contributed by atoms with Crippen molar-refractivity contribution >= 4 is 45.6 Å². The third kappa shape index (κ3) is 3.93. The topological polar surface area (TPSA) is 37.6 Å². The second-order valence-electron chi connectivity index (χ2n) is 7.80. The van der Waals surface area contributed by atoms with Crippen LogP contribution in [0.2, 0.25) is 0 Å². The molecular weight excluding hydrogens is 422 g/mol. The van der Waals surface area contributed by atoms with Gasteiger partial charge in [0.25, 0.3) is 5.91 Å². The van der Waals surface area contributed by atoms with Gasteiger partial charge in [-0.25, -0.2) is 5.01 Å². The van der Waals surface area contributed by atoms with Crippen LogP contribution in [0.1, 0.15) is 28.5 Å². The summed E-state index contributed by atoms with van der Waals surface area (Å²) >= 11 is 3.26. The van der Waals surface area contributed by atoms with Crippen molar-refractivity contribution < 1.29 is 4.79 Å². The summed E-state index contributed by atoms with van der Waals surface area (Å²) < 4.78 is 2.11. The molecule has 1 amide bonds. The van der Waals surface area contributed by atoms with E-state index in [2.05, 4.69) is 65.5 Å². The van der Waals surface area contributed by atoms with Crippen molar-refractivity contribution in [2.24, 2.45) is 12.1 Å². The first-order valence-electron chi connectivity index (χ1n) is 10.3. The molecule has 156 valence electrons. The number of amides is 1. The second kappa shape index (κ2) is 8.36. The number of carbonyl (C=O) groups excluding carboxylic acids is 1. The average Bonchev–Trinajstić information content (AvgIpc) is 3.52. The molecule has 1 unspecified atom stereocenters. The number of hydrazone groups is 1. The molecule has 0 radical (unpaired) electrons. The van der Waals surface area contributed by atoms with Crippen LogP contribution in [0.3, 0.4) is 0 Å². The molecule has 0 saturated carbocycles. The first-order chi connectivity index (χ1) is 15.1. The van der Waals surface area contributed by atoms with Crippen LogP contribution in [0.4, 0.5) is 0 Å². The Labute approximate surface area is 190 Å². The monoisotopic (exact) mass is 445 g/mol. The highest BCUT2D eigenvalue weighted by Crippen LogP contribution is 2.36. The maximum Gasteiger partial charge on any atom is 0.253 e. The number of carbonyl (C=O) groups is 1. The maximum atomic E-state index is 13.3. The van der Waals surface area contributed by atoms with Crippen molar-refractivity contribution in [2.75, 3.05) is 5.75 Å². The van der Waals surface area contributed by atoms with E-state index in [4.69, 9.17) is 5.10 Å². The second-order valence-corrected chi connectivity index (χ2v) is 9.77. The lowest BCUT2D eigenvalue weighted by molar-refractivity contribution is -0.130. The minimum atomic E-state index is -0.0571. The fourth-order valence-electron chi connectivity index (χ4n) is 4.01. The Kier molecular flexibility index (Phi) is 5.42. The molecule has 3 heterocycles. The maximum absolute atomic E-state index is 13.3. The Morgan fingerprint density at radius 1 is 1.13 bits per heavy atom. The number of hydrogen-bond acceptors (Lipinski definition) is 4. The summed E-state index contributed by atoms with van der Waals surface area (Å²) in [5.74, 6) is 0.396. The number of aryl methyl sites for hydroxylation is 2. The van der Waals surface area contributed by atoms with Gasteiger partial charge in [0.15, 0.2) is 0 Å². The molecule has 2 aromatic heterocycles. The lowest BCUT2D eigenvalue weighted by Gasteiger charge is -2.22. The Bertz CT molecular complexity index is 1260. The molecule has 0 fully saturated rings. The van der Waals surface area contributed by atoms with E-state index in [0.29, 0.717) is 5.75 Å². The zero-order valence-corrected chi connectivity index (χ0v) is 19.1. The van der Waals surface area contributed by atoms with Gasteiger partial charge in [0.1, 0.15) is 0 Å². The zero-order chi connectivity index (χ0) is 21.4. The predicted molar refractivity (Wildman–Crippen MR) is 130 cm³/mol.